The van der Waals surface area contributed by atoms with Crippen LogP contribution in [0, 0.1) is 0 Å². The molecule has 5 nitrogen and oxygen atoms in total. The number of hydrogen-bond donors (Lipinski definition) is 1. The number of pyridine rings is 1. The first-order valence-corrected chi connectivity index (χ1v) is 9.34. The molecule has 0 unspecified atom stereocenters. The van der Waals surface area contributed by atoms with Crippen LogP contribution in [-0.2, 0) is 13.2 Å². The summed E-state index contributed by atoms with van der Waals surface area (Å²) < 4.78 is 11.5. The van der Waals surface area contributed by atoms with Gasteiger partial charge in [-0.1, -0.05) is 12.1 Å². The first-order valence-electron chi connectivity index (χ1n) is 9.34. The van der Waals surface area contributed by atoms with E-state index in [1.807, 2.05) is 62.5 Å². The van der Waals surface area contributed by atoms with Crippen LogP contribution in [0.2, 0.25) is 0 Å². The van der Waals surface area contributed by atoms with Crippen LogP contribution in [0.4, 0.5) is 0 Å². The molecule has 2 heterocycles. The molecule has 1 amide bonds. The molecule has 0 aliphatic carbocycles. The number of carbonyl (C=O) groups excluding carboxylic acids is 1. The molecule has 4 rings (SSSR count). The van der Waals surface area contributed by atoms with E-state index in [4.69, 9.17) is 9.47 Å². The first-order chi connectivity index (χ1) is 13.6. The van der Waals surface area contributed by atoms with Crippen LogP contribution >= 0.6 is 0 Å². The zero-order chi connectivity index (χ0) is 19.5. The molecule has 0 saturated carbocycles. The molecule has 0 atom stereocenters. The minimum Gasteiger partial charge on any atom is -0.491 e. The second-order valence-electron chi connectivity index (χ2n) is 7.03. The van der Waals surface area contributed by atoms with E-state index in [2.05, 4.69) is 10.3 Å². The number of aromatic nitrogens is 1. The highest BCUT2D eigenvalue weighted by Gasteiger charge is 2.19. The summed E-state index contributed by atoms with van der Waals surface area (Å²) in [6, 6.07) is 15.3. The van der Waals surface area contributed by atoms with Crippen molar-refractivity contribution in [2.45, 2.75) is 33.1 Å². The molecule has 0 spiro atoms. The Morgan fingerprint density at radius 2 is 2.07 bits per heavy atom. The lowest BCUT2D eigenvalue weighted by atomic mass is 9.97. The van der Waals surface area contributed by atoms with Gasteiger partial charge in [-0.2, -0.15) is 0 Å². The van der Waals surface area contributed by atoms with E-state index >= 15 is 0 Å². The summed E-state index contributed by atoms with van der Waals surface area (Å²) in [6.07, 6.45) is 3.70. The third kappa shape index (κ3) is 3.83. The molecule has 0 fully saturated rings. The highest BCUT2D eigenvalue weighted by molar-refractivity contribution is 5.95. The Kier molecular flexibility index (Phi) is 4.98. The average Bonchev–Trinajstić information content (AvgIpc) is 2.71. The van der Waals surface area contributed by atoms with Crippen molar-refractivity contribution in [1.29, 1.82) is 0 Å². The number of rotatable bonds is 5. The SMILES string of the molecule is CC(C)Oc1cccc(CNC(=O)c2ccc3c(c2)OCc2cnccc2-3)c1. The van der Waals surface area contributed by atoms with E-state index < -0.39 is 0 Å². The van der Waals surface area contributed by atoms with Gasteiger partial charge in [0.05, 0.1) is 6.10 Å². The summed E-state index contributed by atoms with van der Waals surface area (Å²) in [5.41, 5.74) is 4.70. The molecule has 3 aromatic rings. The zero-order valence-electron chi connectivity index (χ0n) is 15.9. The fourth-order valence-electron chi connectivity index (χ4n) is 3.25. The van der Waals surface area contributed by atoms with E-state index in [9.17, 15) is 4.79 Å². The lowest BCUT2D eigenvalue weighted by molar-refractivity contribution is 0.0950. The number of nitrogens with one attached hydrogen (secondary N) is 1. The molecule has 1 aliphatic rings. The summed E-state index contributed by atoms with van der Waals surface area (Å²) in [5, 5.41) is 2.96. The van der Waals surface area contributed by atoms with Gasteiger partial charge in [0.2, 0.25) is 0 Å². The molecule has 0 saturated heterocycles. The summed E-state index contributed by atoms with van der Waals surface area (Å²) in [7, 11) is 0. The summed E-state index contributed by atoms with van der Waals surface area (Å²) in [5.74, 6) is 1.39. The van der Waals surface area contributed by atoms with E-state index in [-0.39, 0.29) is 12.0 Å². The lowest BCUT2D eigenvalue weighted by Gasteiger charge is -2.20. The molecule has 1 aliphatic heterocycles. The van der Waals surface area contributed by atoms with Crippen molar-refractivity contribution in [2.75, 3.05) is 0 Å². The van der Waals surface area contributed by atoms with Gasteiger partial charge in [-0.05, 0) is 61.4 Å². The average molecular weight is 374 g/mol. The van der Waals surface area contributed by atoms with Gasteiger partial charge < -0.3 is 14.8 Å². The predicted molar refractivity (Wildman–Crippen MR) is 107 cm³/mol. The first kappa shape index (κ1) is 18.0. The van der Waals surface area contributed by atoms with Crippen LogP contribution in [0.3, 0.4) is 0 Å². The van der Waals surface area contributed by atoms with Gasteiger partial charge in [0.15, 0.2) is 0 Å². The number of amides is 1. The minimum atomic E-state index is -0.137. The largest absolute Gasteiger partial charge is 0.491 e. The Morgan fingerprint density at radius 3 is 2.93 bits per heavy atom. The van der Waals surface area contributed by atoms with Crippen molar-refractivity contribution >= 4 is 5.91 Å². The van der Waals surface area contributed by atoms with Crippen molar-refractivity contribution in [2.24, 2.45) is 0 Å². The standard InChI is InChI=1S/C23H22N2O3/c1-15(2)28-19-5-3-4-16(10-19)12-25-23(26)17-6-7-21-20-8-9-24-13-18(20)14-27-22(21)11-17/h3-11,13,15H,12,14H2,1-2H3,(H,25,26). The topological polar surface area (TPSA) is 60.5 Å². The number of ether oxygens (including phenoxy) is 2. The van der Waals surface area contributed by atoms with Crippen molar-refractivity contribution < 1.29 is 14.3 Å². The van der Waals surface area contributed by atoms with Gasteiger partial charge in [0.25, 0.3) is 5.91 Å². The maximum Gasteiger partial charge on any atom is 0.251 e. The Labute approximate surface area is 164 Å². The third-order valence-electron chi connectivity index (χ3n) is 4.54. The van der Waals surface area contributed by atoms with Gasteiger partial charge in [0, 0.05) is 35.6 Å². The fraction of sp³-hybridized carbons (Fsp3) is 0.217. The van der Waals surface area contributed by atoms with Crippen molar-refractivity contribution in [3.05, 3.63) is 77.6 Å². The maximum atomic E-state index is 12.6. The van der Waals surface area contributed by atoms with Crippen LogP contribution in [0.15, 0.2) is 60.9 Å². The van der Waals surface area contributed by atoms with Crippen LogP contribution < -0.4 is 14.8 Å². The van der Waals surface area contributed by atoms with Gasteiger partial charge >= 0.3 is 0 Å². The highest BCUT2D eigenvalue weighted by atomic mass is 16.5. The van der Waals surface area contributed by atoms with Gasteiger partial charge in [0.1, 0.15) is 18.1 Å². The Morgan fingerprint density at radius 1 is 1.18 bits per heavy atom. The summed E-state index contributed by atoms with van der Waals surface area (Å²) in [4.78, 5) is 16.7. The van der Waals surface area contributed by atoms with Crippen LogP contribution in [0.1, 0.15) is 35.3 Å². The number of carbonyl (C=O) groups is 1. The third-order valence-corrected chi connectivity index (χ3v) is 4.54. The number of benzene rings is 2. The molecule has 1 aromatic heterocycles. The lowest BCUT2D eigenvalue weighted by Crippen LogP contribution is -2.23. The second kappa shape index (κ2) is 7.72. The zero-order valence-corrected chi connectivity index (χ0v) is 15.9. The molecule has 2 aromatic carbocycles. The molecule has 142 valence electrons. The maximum absolute atomic E-state index is 12.6. The number of nitrogens with zero attached hydrogens (tertiary/aromatic N) is 1. The van der Waals surface area contributed by atoms with E-state index in [1.54, 1.807) is 12.3 Å². The van der Waals surface area contributed by atoms with E-state index in [0.29, 0.717) is 18.7 Å². The smallest absolute Gasteiger partial charge is 0.251 e. The molecule has 5 heteroatoms. The molecular formula is C23H22N2O3. The molecular weight excluding hydrogens is 352 g/mol. The van der Waals surface area contributed by atoms with E-state index in [1.165, 1.54) is 0 Å². The summed E-state index contributed by atoms with van der Waals surface area (Å²) >= 11 is 0. The van der Waals surface area contributed by atoms with E-state index in [0.717, 1.165) is 33.8 Å². The second-order valence-corrected chi connectivity index (χ2v) is 7.03. The fourth-order valence-corrected chi connectivity index (χ4v) is 3.25. The Balaban J connectivity index is 1.47. The molecule has 0 bridgehead atoms. The number of hydrogen-bond acceptors (Lipinski definition) is 4. The Hall–Kier alpha value is -3.34. The normalized spacial score (nSPS) is 12.0. The molecule has 28 heavy (non-hydrogen) atoms. The van der Waals surface area contributed by atoms with Gasteiger partial charge in [-0.15, -0.1) is 0 Å². The van der Waals surface area contributed by atoms with Crippen LogP contribution in [0.5, 0.6) is 11.5 Å². The van der Waals surface area contributed by atoms with Crippen molar-refractivity contribution in [3.8, 4) is 22.6 Å². The Bertz CT molecular complexity index is 1010. The monoisotopic (exact) mass is 374 g/mol. The highest BCUT2D eigenvalue weighted by Crippen LogP contribution is 2.37. The number of fused-ring (bicyclic) bond motifs is 3. The predicted octanol–water partition coefficient (Wildman–Crippen LogP) is 4.36. The molecule has 0 radical (unpaired) electrons. The van der Waals surface area contributed by atoms with Gasteiger partial charge in [-0.3, -0.25) is 9.78 Å². The molecule has 1 N–H and O–H groups in total. The van der Waals surface area contributed by atoms with Crippen LogP contribution in [-0.4, -0.2) is 17.0 Å². The minimum absolute atomic E-state index is 0.112. The quantitative estimate of drug-likeness (QED) is 0.721. The summed E-state index contributed by atoms with van der Waals surface area (Å²) in [6.45, 7) is 4.87. The van der Waals surface area contributed by atoms with Crippen molar-refractivity contribution in [1.82, 2.24) is 10.3 Å². The van der Waals surface area contributed by atoms with Gasteiger partial charge in [-0.25, -0.2) is 0 Å². The van der Waals surface area contributed by atoms with Crippen LogP contribution in [0.25, 0.3) is 11.1 Å². The van der Waals surface area contributed by atoms with Crippen molar-refractivity contribution in [3.63, 3.8) is 0 Å².